The van der Waals surface area contributed by atoms with Crippen LogP contribution in [0.15, 0.2) is 18.7 Å². The van der Waals surface area contributed by atoms with Crippen LogP contribution in [0.1, 0.15) is 44.6 Å². The highest BCUT2D eigenvalue weighted by atomic mass is 32.2. The zero-order valence-corrected chi connectivity index (χ0v) is 20.2. The number of hydrogen-bond acceptors (Lipinski definition) is 9. The van der Waals surface area contributed by atoms with Gasteiger partial charge in [-0.15, -0.1) is 0 Å². The van der Waals surface area contributed by atoms with Gasteiger partial charge in [-0.25, -0.2) is 22.7 Å². The van der Waals surface area contributed by atoms with Crippen LogP contribution in [0.3, 0.4) is 0 Å². The van der Waals surface area contributed by atoms with E-state index in [1.54, 1.807) is 17.4 Å². The van der Waals surface area contributed by atoms with Gasteiger partial charge in [0.15, 0.2) is 0 Å². The first-order chi connectivity index (χ1) is 16.3. The van der Waals surface area contributed by atoms with E-state index >= 15 is 0 Å². The van der Waals surface area contributed by atoms with E-state index in [1.807, 2.05) is 10.9 Å². The van der Waals surface area contributed by atoms with Crippen molar-refractivity contribution in [1.29, 1.82) is 10.7 Å². The van der Waals surface area contributed by atoms with E-state index in [4.69, 9.17) is 11.1 Å². The number of nitrogens with zero attached hydrogens (tertiary/aromatic N) is 7. The average Bonchev–Trinajstić information content (AvgIpc) is 3.35. The molecule has 0 unspecified atom stereocenters. The van der Waals surface area contributed by atoms with Gasteiger partial charge in [0.2, 0.25) is 10.0 Å². The molecule has 3 N–H and O–H groups in total. The molecule has 2 saturated heterocycles. The molecule has 2 fully saturated rings. The summed E-state index contributed by atoms with van der Waals surface area (Å²) in [6.07, 6.45) is 9.66. The van der Waals surface area contributed by atoms with Crippen LogP contribution in [0.25, 0.3) is 11.3 Å². The van der Waals surface area contributed by atoms with E-state index in [0.717, 1.165) is 50.6 Å². The molecule has 0 spiro atoms. The van der Waals surface area contributed by atoms with Crippen LogP contribution in [0.4, 0.5) is 5.82 Å². The molecule has 0 aliphatic carbocycles. The summed E-state index contributed by atoms with van der Waals surface area (Å²) in [6, 6.07) is 2.70. The van der Waals surface area contributed by atoms with Crippen LogP contribution >= 0.6 is 0 Å². The van der Waals surface area contributed by atoms with Gasteiger partial charge < -0.3 is 16.0 Å². The average molecular weight is 486 g/mol. The number of anilines is 1. The van der Waals surface area contributed by atoms with Gasteiger partial charge in [0.1, 0.15) is 12.1 Å². The molecule has 4 heterocycles. The van der Waals surface area contributed by atoms with Crippen molar-refractivity contribution < 1.29 is 8.42 Å². The molecule has 2 aliphatic heterocycles. The molecule has 2 aliphatic rings. The Labute approximate surface area is 200 Å². The Morgan fingerprint density at radius 2 is 1.97 bits per heavy atom. The molecule has 0 bridgehead atoms. The van der Waals surface area contributed by atoms with Crippen LogP contribution < -0.4 is 5.73 Å². The highest BCUT2D eigenvalue weighted by molar-refractivity contribution is 7.89. The van der Waals surface area contributed by atoms with Crippen molar-refractivity contribution in [2.24, 2.45) is 0 Å². The second kappa shape index (κ2) is 9.77. The molecule has 2 aromatic rings. The molecule has 34 heavy (non-hydrogen) atoms. The van der Waals surface area contributed by atoms with Crippen molar-refractivity contribution in [3.8, 4) is 17.3 Å². The predicted octanol–water partition coefficient (Wildman–Crippen LogP) is 1.44. The predicted molar refractivity (Wildman–Crippen MR) is 129 cm³/mol. The number of hydrogen-bond donors (Lipinski definition) is 2. The minimum absolute atomic E-state index is 0.146. The van der Waals surface area contributed by atoms with Gasteiger partial charge in [-0.2, -0.15) is 10.4 Å². The number of nitrogens with two attached hydrogens (primary N) is 1. The molecular weight excluding hydrogens is 454 g/mol. The lowest BCUT2D eigenvalue weighted by molar-refractivity contribution is 0.0542. The molecule has 0 amide bonds. The Morgan fingerprint density at radius 3 is 2.59 bits per heavy atom. The SMILES string of the molecule is CCS(=O)(=O)N1CCC(N2CCC(CC#N)(n3cc(-c4ncnc(N)c4C=N)cn3)CC2)CC1. The molecule has 0 radical (unpaired) electrons. The minimum atomic E-state index is -3.13. The van der Waals surface area contributed by atoms with E-state index in [9.17, 15) is 13.7 Å². The number of piperidine rings is 2. The van der Waals surface area contributed by atoms with Gasteiger partial charge in [0.25, 0.3) is 0 Å². The van der Waals surface area contributed by atoms with E-state index in [0.29, 0.717) is 36.8 Å². The van der Waals surface area contributed by atoms with Gasteiger partial charge >= 0.3 is 0 Å². The normalized spacial score (nSPS) is 20.1. The molecule has 2 aromatic heterocycles. The molecule has 0 aromatic carbocycles. The first-order valence-corrected chi connectivity index (χ1v) is 13.2. The lowest BCUT2D eigenvalue weighted by Crippen LogP contribution is -2.53. The first kappa shape index (κ1) is 24.3. The van der Waals surface area contributed by atoms with E-state index in [-0.39, 0.29) is 11.6 Å². The van der Waals surface area contributed by atoms with Gasteiger partial charge in [0, 0.05) is 50.2 Å². The second-order valence-corrected chi connectivity index (χ2v) is 11.2. The fourth-order valence-electron chi connectivity index (χ4n) is 5.09. The Kier molecular flexibility index (Phi) is 6.97. The lowest BCUT2D eigenvalue weighted by atomic mass is 9.84. The largest absolute Gasteiger partial charge is 0.383 e. The summed E-state index contributed by atoms with van der Waals surface area (Å²) in [4.78, 5) is 10.7. The molecule has 182 valence electrons. The summed E-state index contributed by atoms with van der Waals surface area (Å²) in [5.41, 5.74) is 7.22. The summed E-state index contributed by atoms with van der Waals surface area (Å²) < 4.78 is 27.8. The highest BCUT2D eigenvalue weighted by Gasteiger charge is 2.40. The summed E-state index contributed by atoms with van der Waals surface area (Å²) in [5, 5.41) is 21.9. The smallest absolute Gasteiger partial charge is 0.213 e. The maximum Gasteiger partial charge on any atom is 0.213 e. The molecule has 0 atom stereocenters. The topological polar surface area (TPSA) is 158 Å². The van der Waals surface area contributed by atoms with Gasteiger partial charge in [0.05, 0.1) is 41.2 Å². The van der Waals surface area contributed by atoms with Crippen molar-refractivity contribution in [2.45, 2.75) is 50.6 Å². The fourth-order valence-corrected chi connectivity index (χ4v) is 6.23. The van der Waals surface area contributed by atoms with E-state index < -0.39 is 15.6 Å². The van der Waals surface area contributed by atoms with Gasteiger partial charge in [-0.3, -0.25) is 4.68 Å². The molecule has 12 heteroatoms. The highest BCUT2D eigenvalue weighted by Crippen LogP contribution is 2.36. The maximum absolute atomic E-state index is 12.2. The molecule has 4 rings (SSSR count). The van der Waals surface area contributed by atoms with E-state index in [2.05, 4.69) is 26.0 Å². The van der Waals surface area contributed by atoms with Crippen LogP contribution in [0.5, 0.6) is 0 Å². The van der Waals surface area contributed by atoms with Crippen molar-refractivity contribution in [2.75, 3.05) is 37.7 Å². The van der Waals surface area contributed by atoms with Crippen molar-refractivity contribution in [3.63, 3.8) is 0 Å². The van der Waals surface area contributed by atoms with Crippen molar-refractivity contribution in [3.05, 3.63) is 24.3 Å². The number of nitrogen functional groups attached to an aromatic ring is 1. The summed E-state index contributed by atoms with van der Waals surface area (Å²) in [7, 11) is -3.13. The lowest BCUT2D eigenvalue weighted by Gasteiger charge is -2.45. The quantitative estimate of drug-likeness (QED) is 0.558. The van der Waals surface area contributed by atoms with Gasteiger partial charge in [-0.1, -0.05) is 0 Å². The molecule has 0 saturated carbocycles. The van der Waals surface area contributed by atoms with E-state index in [1.165, 1.54) is 6.33 Å². The maximum atomic E-state index is 12.2. The number of nitriles is 1. The Morgan fingerprint density at radius 1 is 1.26 bits per heavy atom. The zero-order valence-electron chi connectivity index (χ0n) is 19.4. The van der Waals surface area contributed by atoms with Gasteiger partial charge in [-0.05, 0) is 32.6 Å². The van der Waals surface area contributed by atoms with Crippen LogP contribution in [-0.2, 0) is 15.6 Å². The summed E-state index contributed by atoms with van der Waals surface area (Å²) in [6.45, 7) is 4.48. The fraction of sp³-hybridized carbons (Fsp3) is 0.591. The number of aromatic nitrogens is 4. The first-order valence-electron chi connectivity index (χ1n) is 11.6. The number of rotatable bonds is 7. The third kappa shape index (κ3) is 4.55. The third-order valence-corrected chi connectivity index (χ3v) is 9.12. The van der Waals surface area contributed by atoms with Crippen LogP contribution in [0.2, 0.25) is 0 Å². The third-order valence-electron chi connectivity index (χ3n) is 7.24. The number of nitrogens with one attached hydrogen (secondary N) is 1. The number of sulfonamides is 1. The number of likely N-dealkylation sites (tertiary alicyclic amines) is 1. The Balaban J connectivity index is 1.47. The molecular formula is C22H31N9O2S. The Bertz CT molecular complexity index is 1170. The Hall–Kier alpha value is -2.88. The zero-order chi connectivity index (χ0) is 24.3. The van der Waals surface area contributed by atoms with Crippen molar-refractivity contribution >= 4 is 22.1 Å². The molecule has 11 nitrogen and oxygen atoms in total. The monoisotopic (exact) mass is 485 g/mol. The van der Waals surface area contributed by atoms with Crippen molar-refractivity contribution in [1.82, 2.24) is 29.0 Å². The summed E-state index contributed by atoms with van der Waals surface area (Å²) in [5.74, 6) is 0.387. The standard InChI is InChI=1S/C22H31N9O2S/c1-2-34(32,33)30-9-3-18(4-10-30)29-11-6-22(5-8-23,7-12-29)31-15-17(14-28-31)20-19(13-24)21(25)27-16-26-20/h13-16,18,24H,2-7,9-12H2,1H3,(H2,25,26,27). The minimum Gasteiger partial charge on any atom is -0.383 e. The van der Waals surface area contributed by atoms with Crippen LogP contribution in [-0.4, -0.2) is 81.6 Å². The van der Waals surface area contributed by atoms with Crippen LogP contribution in [0, 0.1) is 16.7 Å². The summed E-state index contributed by atoms with van der Waals surface area (Å²) >= 11 is 0. The second-order valence-electron chi connectivity index (χ2n) is 8.97.